The monoisotopic (exact) mass is 389 g/mol. The average Bonchev–Trinajstić information content (AvgIpc) is 2.68. The Kier molecular flexibility index (Phi) is 9.02. The number of hydrogen-bond acceptors (Lipinski definition) is 6. The Labute approximate surface area is 163 Å². The van der Waals surface area contributed by atoms with Crippen molar-refractivity contribution in [1.29, 1.82) is 0 Å². The van der Waals surface area contributed by atoms with E-state index >= 15 is 0 Å². The Bertz CT molecular complexity index is 832. The molecule has 0 amide bonds. The van der Waals surface area contributed by atoms with E-state index in [1.165, 1.54) is 34.3 Å². The third-order valence-electron chi connectivity index (χ3n) is 3.52. The molecule has 0 aliphatic carbocycles. The first-order chi connectivity index (χ1) is 13.3. The summed E-state index contributed by atoms with van der Waals surface area (Å²) in [5.41, 5.74) is 1.56. The molecule has 0 radical (unpaired) electrons. The Morgan fingerprint density at radius 1 is 1.04 bits per heavy atom. The lowest BCUT2D eigenvalue weighted by Gasteiger charge is -2.12. The molecule has 0 spiro atoms. The number of aliphatic carboxylic acids is 2. The molecule has 2 N–H and O–H groups in total. The molecular formula is C20H23NO7. The normalized spacial score (nSPS) is 10.4. The van der Waals surface area contributed by atoms with Crippen molar-refractivity contribution in [3.63, 3.8) is 0 Å². The minimum atomic E-state index is -0.980. The Balaban J connectivity index is 0.000000330. The number of methoxy groups -OCH3 is 3. The number of nitrogens with zero attached hydrogens (tertiary/aromatic N) is 1. The van der Waals surface area contributed by atoms with Crippen molar-refractivity contribution in [1.82, 2.24) is 4.98 Å². The van der Waals surface area contributed by atoms with E-state index in [0.29, 0.717) is 22.8 Å². The van der Waals surface area contributed by atoms with E-state index in [1.807, 2.05) is 0 Å². The minimum Gasteiger partial charge on any atom is -0.496 e. The maximum absolute atomic E-state index is 10.8. The fourth-order valence-corrected chi connectivity index (χ4v) is 2.14. The SMILES string of the molecule is COc1cc(OC)c(OC)cc1/C=C(\C)C(=O)O.O=C(O)Cc1cccnc1. The number of carboxylic acids is 2. The highest BCUT2D eigenvalue weighted by atomic mass is 16.5. The van der Waals surface area contributed by atoms with Crippen molar-refractivity contribution >= 4 is 18.0 Å². The number of pyridine rings is 1. The number of carbonyl (C=O) groups is 2. The van der Waals surface area contributed by atoms with Crippen LogP contribution in [0.4, 0.5) is 0 Å². The molecule has 2 rings (SSSR count). The summed E-state index contributed by atoms with van der Waals surface area (Å²) >= 11 is 0. The van der Waals surface area contributed by atoms with Gasteiger partial charge in [0.15, 0.2) is 11.5 Å². The van der Waals surface area contributed by atoms with Gasteiger partial charge < -0.3 is 24.4 Å². The van der Waals surface area contributed by atoms with Crippen molar-refractivity contribution in [3.05, 3.63) is 53.4 Å². The summed E-state index contributed by atoms with van der Waals surface area (Å²) in [7, 11) is 4.55. The fraction of sp³-hybridized carbons (Fsp3) is 0.250. The van der Waals surface area contributed by atoms with E-state index in [0.717, 1.165) is 5.56 Å². The second-order valence-electron chi connectivity index (χ2n) is 5.51. The molecule has 1 heterocycles. The van der Waals surface area contributed by atoms with E-state index in [1.54, 1.807) is 36.7 Å². The molecular weight excluding hydrogens is 366 g/mol. The van der Waals surface area contributed by atoms with E-state index in [4.69, 9.17) is 24.4 Å². The molecule has 28 heavy (non-hydrogen) atoms. The summed E-state index contributed by atoms with van der Waals surface area (Å²) in [5, 5.41) is 17.2. The molecule has 0 aliphatic heterocycles. The van der Waals surface area contributed by atoms with Crippen LogP contribution in [-0.4, -0.2) is 48.5 Å². The maximum atomic E-state index is 10.8. The Hall–Kier alpha value is -3.55. The topological polar surface area (TPSA) is 115 Å². The second kappa shape index (κ2) is 11.2. The van der Waals surface area contributed by atoms with Gasteiger partial charge in [0.25, 0.3) is 0 Å². The lowest BCUT2D eigenvalue weighted by molar-refractivity contribution is -0.136. The number of benzene rings is 1. The molecule has 8 nitrogen and oxygen atoms in total. The van der Waals surface area contributed by atoms with Gasteiger partial charge in [-0.1, -0.05) is 6.07 Å². The molecule has 0 saturated heterocycles. The average molecular weight is 389 g/mol. The number of carboxylic acid groups (broad SMARTS) is 2. The fourth-order valence-electron chi connectivity index (χ4n) is 2.14. The van der Waals surface area contributed by atoms with Crippen molar-refractivity contribution in [2.75, 3.05) is 21.3 Å². The third kappa shape index (κ3) is 6.99. The molecule has 2 aromatic rings. The van der Waals surface area contributed by atoms with Crippen molar-refractivity contribution < 1.29 is 34.0 Å². The molecule has 150 valence electrons. The summed E-state index contributed by atoms with van der Waals surface area (Å²) in [4.78, 5) is 24.7. The molecule has 8 heteroatoms. The largest absolute Gasteiger partial charge is 0.496 e. The number of hydrogen-bond donors (Lipinski definition) is 2. The van der Waals surface area contributed by atoms with Crippen molar-refractivity contribution in [3.8, 4) is 17.2 Å². The summed E-state index contributed by atoms with van der Waals surface area (Å²) in [5.74, 6) is -0.240. The van der Waals surface area contributed by atoms with Crippen LogP contribution in [0.15, 0.2) is 42.2 Å². The third-order valence-corrected chi connectivity index (χ3v) is 3.52. The van der Waals surface area contributed by atoms with Crippen LogP contribution in [0.5, 0.6) is 17.2 Å². The van der Waals surface area contributed by atoms with Gasteiger partial charge in [-0.05, 0) is 30.7 Å². The predicted molar refractivity (Wildman–Crippen MR) is 103 cm³/mol. The van der Waals surface area contributed by atoms with Gasteiger partial charge in [0.05, 0.1) is 27.8 Å². The van der Waals surface area contributed by atoms with Gasteiger partial charge in [-0.25, -0.2) is 4.79 Å². The molecule has 0 fully saturated rings. The zero-order chi connectivity index (χ0) is 21.1. The van der Waals surface area contributed by atoms with Crippen molar-refractivity contribution in [2.24, 2.45) is 0 Å². The lowest BCUT2D eigenvalue weighted by Crippen LogP contribution is -1.99. The van der Waals surface area contributed by atoms with E-state index < -0.39 is 11.9 Å². The van der Waals surface area contributed by atoms with Gasteiger partial charge >= 0.3 is 11.9 Å². The maximum Gasteiger partial charge on any atom is 0.331 e. The van der Waals surface area contributed by atoms with Crippen LogP contribution in [0.2, 0.25) is 0 Å². The highest BCUT2D eigenvalue weighted by Crippen LogP contribution is 2.35. The smallest absolute Gasteiger partial charge is 0.331 e. The standard InChI is InChI=1S/C13H16O5.C7H7NO2/c1-8(13(14)15)5-9-6-11(17-3)12(18-4)7-10(9)16-2;9-7(10)4-6-2-1-3-8-5-6/h5-7H,1-4H3,(H,14,15);1-3,5H,4H2,(H,9,10)/b8-5+;. The van der Waals surface area contributed by atoms with Crippen LogP contribution in [0.1, 0.15) is 18.1 Å². The van der Waals surface area contributed by atoms with Crippen LogP contribution >= 0.6 is 0 Å². The van der Waals surface area contributed by atoms with Crippen LogP contribution in [-0.2, 0) is 16.0 Å². The first kappa shape index (κ1) is 22.5. The van der Waals surface area contributed by atoms with E-state index in [9.17, 15) is 9.59 Å². The van der Waals surface area contributed by atoms with Gasteiger partial charge in [0, 0.05) is 29.6 Å². The summed E-state index contributed by atoms with van der Waals surface area (Å²) in [6, 6.07) is 6.78. The van der Waals surface area contributed by atoms with Gasteiger partial charge in [-0.15, -0.1) is 0 Å². The highest BCUT2D eigenvalue weighted by Gasteiger charge is 2.11. The zero-order valence-corrected chi connectivity index (χ0v) is 16.1. The molecule has 0 unspecified atom stereocenters. The quantitative estimate of drug-likeness (QED) is 0.695. The predicted octanol–water partition coefficient (Wildman–Crippen LogP) is 2.91. The lowest BCUT2D eigenvalue weighted by atomic mass is 10.1. The number of aromatic nitrogens is 1. The molecule has 0 aliphatic rings. The van der Waals surface area contributed by atoms with Crippen LogP contribution in [0.3, 0.4) is 0 Å². The van der Waals surface area contributed by atoms with E-state index in [-0.39, 0.29) is 12.0 Å². The van der Waals surface area contributed by atoms with E-state index in [2.05, 4.69) is 4.98 Å². The molecule has 1 aromatic carbocycles. The summed E-state index contributed by atoms with van der Waals surface area (Å²) in [6.45, 7) is 1.51. The minimum absolute atomic E-state index is 0.0494. The van der Waals surface area contributed by atoms with Gasteiger partial charge in [-0.2, -0.15) is 0 Å². The zero-order valence-electron chi connectivity index (χ0n) is 16.1. The van der Waals surface area contributed by atoms with Crippen LogP contribution in [0, 0.1) is 0 Å². The number of rotatable bonds is 7. The first-order valence-electron chi connectivity index (χ1n) is 8.14. The first-order valence-corrected chi connectivity index (χ1v) is 8.14. The molecule has 1 aromatic heterocycles. The second-order valence-corrected chi connectivity index (χ2v) is 5.51. The molecule has 0 saturated carbocycles. The molecule has 0 atom stereocenters. The summed E-state index contributed by atoms with van der Waals surface area (Å²) in [6.07, 6.45) is 4.73. The van der Waals surface area contributed by atoms with Crippen LogP contribution in [0.25, 0.3) is 6.08 Å². The van der Waals surface area contributed by atoms with Gasteiger partial charge in [-0.3, -0.25) is 9.78 Å². The Morgan fingerprint density at radius 3 is 2.11 bits per heavy atom. The number of ether oxygens (including phenoxy) is 3. The van der Waals surface area contributed by atoms with Crippen LogP contribution < -0.4 is 14.2 Å². The molecule has 0 bridgehead atoms. The van der Waals surface area contributed by atoms with Gasteiger partial charge in [0.2, 0.25) is 0 Å². The summed E-state index contributed by atoms with van der Waals surface area (Å²) < 4.78 is 15.5. The Morgan fingerprint density at radius 2 is 1.64 bits per heavy atom. The van der Waals surface area contributed by atoms with Crippen molar-refractivity contribution in [2.45, 2.75) is 13.3 Å². The highest BCUT2D eigenvalue weighted by molar-refractivity contribution is 5.92. The van der Waals surface area contributed by atoms with Gasteiger partial charge in [0.1, 0.15) is 5.75 Å².